The predicted octanol–water partition coefficient (Wildman–Crippen LogP) is 3.29. The minimum atomic E-state index is 0.554. The van der Waals surface area contributed by atoms with Crippen LogP contribution in [0, 0.1) is 6.92 Å². The Morgan fingerprint density at radius 1 is 1.30 bits per heavy atom. The molecule has 0 aliphatic carbocycles. The van der Waals surface area contributed by atoms with Gasteiger partial charge in [0.1, 0.15) is 5.49 Å². The Balaban J connectivity index is 0.00000172. The number of hydrogen-bond donors (Lipinski definition) is 1. The molecule has 0 fully saturated rings. The maximum atomic E-state index is 5.45. The van der Waals surface area contributed by atoms with E-state index in [0.29, 0.717) is 6.54 Å². The second-order valence-corrected chi connectivity index (χ2v) is 3.94. The summed E-state index contributed by atoms with van der Waals surface area (Å²) < 4.78 is 2.01. The zero-order valence-electron chi connectivity index (χ0n) is 13.3. The lowest BCUT2D eigenvalue weighted by Crippen LogP contribution is -2.15. The quantitative estimate of drug-likeness (QED) is 0.841. The van der Waals surface area contributed by atoms with Gasteiger partial charge in [-0.15, -0.1) is 0 Å². The normalized spacial score (nSPS) is 12.9. The van der Waals surface area contributed by atoms with Gasteiger partial charge in [0.05, 0.1) is 0 Å². The van der Waals surface area contributed by atoms with E-state index in [4.69, 9.17) is 5.73 Å². The van der Waals surface area contributed by atoms with Gasteiger partial charge in [0.15, 0.2) is 0 Å². The highest BCUT2D eigenvalue weighted by Crippen LogP contribution is 2.01. The zero-order valence-corrected chi connectivity index (χ0v) is 13.3. The lowest BCUT2D eigenvalue weighted by molar-refractivity contribution is 0.977. The van der Waals surface area contributed by atoms with Crippen LogP contribution in [-0.4, -0.2) is 18.2 Å². The number of aromatic nitrogens is 1. The lowest BCUT2D eigenvalue weighted by atomic mass is 10.2. The van der Waals surface area contributed by atoms with Crippen molar-refractivity contribution in [2.24, 2.45) is 10.7 Å². The molecule has 0 aromatic carbocycles. The summed E-state index contributed by atoms with van der Waals surface area (Å²) >= 11 is 0. The fraction of sp³-hybridized carbons (Fsp3) is 0.353. The first-order chi connectivity index (χ1) is 9.71. The monoisotopic (exact) mass is 273 g/mol. The molecule has 0 atom stereocenters. The van der Waals surface area contributed by atoms with Gasteiger partial charge in [-0.1, -0.05) is 38.1 Å². The van der Waals surface area contributed by atoms with Gasteiger partial charge in [0, 0.05) is 26.0 Å². The third kappa shape index (κ3) is 6.34. The van der Waals surface area contributed by atoms with Gasteiger partial charge in [0.25, 0.3) is 0 Å². The summed E-state index contributed by atoms with van der Waals surface area (Å²) in [6.07, 6.45) is 12.1. The van der Waals surface area contributed by atoms with Crippen LogP contribution in [-0.2, 0) is 0 Å². The zero-order chi connectivity index (χ0) is 15.4. The first kappa shape index (κ1) is 18.1. The van der Waals surface area contributed by atoms with Gasteiger partial charge < -0.3 is 10.3 Å². The summed E-state index contributed by atoms with van der Waals surface area (Å²) in [7, 11) is 1.79. The molecule has 1 aromatic rings. The van der Waals surface area contributed by atoms with Crippen LogP contribution < -0.4 is 11.2 Å². The molecule has 0 aliphatic heterocycles. The lowest BCUT2D eigenvalue weighted by Gasteiger charge is -2.02. The molecule has 0 unspecified atom stereocenters. The van der Waals surface area contributed by atoms with Crippen LogP contribution in [0.1, 0.15) is 26.3 Å². The van der Waals surface area contributed by atoms with Crippen molar-refractivity contribution in [2.45, 2.75) is 27.7 Å². The molecule has 3 heteroatoms. The highest BCUT2D eigenvalue weighted by molar-refractivity contribution is 5.40. The SMILES string of the molecule is C/C=C(\C=C/CN)/C=C/n1cc(C)ccc1=NC.CC. The molecule has 0 amide bonds. The summed E-state index contributed by atoms with van der Waals surface area (Å²) in [6.45, 7) is 8.62. The van der Waals surface area contributed by atoms with E-state index in [1.165, 1.54) is 5.56 Å². The summed E-state index contributed by atoms with van der Waals surface area (Å²) in [5, 5.41) is 0. The van der Waals surface area contributed by atoms with Gasteiger partial charge in [-0.2, -0.15) is 0 Å². The fourth-order valence-corrected chi connectivity index (χ4v) is 1.55. The molecule has 0 spiro atoms. The van der Waals surface area contributed by atoms with E-state index in [9.17, 15) is 0 Å². The van der Waals surface area contributed by atoms with E-state index in [1.54, 1.807) is 7.05 Å². The number of aryl methyl sites for hydroxylation is 1. The van der Waals surface area contributed by atoms with Gasteiger partial charge in [-0.25, -0.2) is 0 Å². The predicted molar refractivity (Wildman–Crippen MR) is 89.3 cm³/mol. The average Bonchev–Trinajstić information content (AvgIpc) is 2.49. The summed E-state index contributed by atoms with van der Waals surface area (Å²) in [4.78, 5) is 4.23. The molecule has 20 heavy (non-hydrogen) atoms. The summed E-state index contributed by atoms with van der Waals surface area (Å²) in [6, 6.07) is 4.06. The molecule has 0 saturated heterocycles. The standard InChI is InChI=1S/C15H21N3.C2H6/c1-4-14(6-5-10-16)9-11-18-12-13(2)7-8-15(18)17-3;1-2/h4-9,11-12H,10,16H2,1-3H3;1-2H3/b6-5-,11-9+,14-4+,17-15?;. The van der Waals surface area contributed by atoms with Crippen LogP contribution in [0.25, 0.3) is 6.20 Å². The van der Waals surface area contributed by atoms with Crippen molar-refractivity contribution in [3.63, 3.8) is 0 Å². The number of rotatable bonds is 4. The van der Waals surface area contributed by atoms with Crippen LogP contribution in [0.4, 0.5) is 0 Å². The molecule has 3 nitrogen and oxygen atoms in total. The van der Waals surface area contributed by atoms with Crippen molar-refractivity contribution in [1.29, 1.82) is 0 Å². The molecule has 1 rings (SSSR count). The topological polar surface area (TPSA) is 43.3 Å². The molecule has 0 radical (unpaired) electrons. The average molecular weight is 273 g/mol. The maximum Gasteiger partial charge on any atom is 0.131 e. The maximum absolute atomic E-state index is 5.45. The van der Waals surface area contributed by atoms with Crippen LogP contribution in [0.3, 0.4) is 0 Å². The second-order valence-electron chi connectivity index (χ2n) is 3.94. The van der Waals surface area contributed by atoms with Crippen LogP contribution >= 0.6 is 0 Å². The van der Waals surface area contributed by atoms with Crippen molar-refractivity contribution >= 4 is 6.20 Å². The Labute approximate surface area is 122 Å². The number of nitrogens with two attached hydrogens (primary N) is 1. The largest absolute Gasteiger partial charge is 0.327 e. The third-order valence-corrected chi connectivity index (χ3v) is 2.54. The van der Waals surface area contributed by atoms with Gasteiger partial charge in [0.2, 0.25) is 0 Å². The van der Waals surface area contributed by atoms with Gasteiger partial charge in [-0.3, -0.25) is 4.99 Å². The molecule has 1 aromatic heterocycles. The molecule has 0 saturated carbocycles. The molecule has 110 valence electrons. The number of hydrogen-bond acceptors (Lipinski definition) is 2. The van der Waals surface area contributed by atoms with E-state index < -0.39 is 0 Å². The van der Waals surface area contributed by atoms with Crippen molar-refractivity contribution in [3.05, 3.63) is 59.3 Å². The van der Waals surface area contributed by atoms with E-state index >= 15 is 0 Å². The summed E-state index contributed by atoms with van der Waals surface area (Å²) in [5.74, 6) is 0. The first-order valence-corrected chi connectivity index (χ1v) is 7.04. The minimum absolute atomic E-state index is 0.554. The molecular weight excluding hydrogens is 246 g/mol. The van der Waals surface area contributed by atoms with Crippen LogP contribution in [0.2, 0.25) is 0 Å². The minimum Gasteiger partial charge on any atom is -0.327 e. The smallest absolute Gasteiger partial charge is 0.131 e. The van der Waals surface area contributed by atoms with Gasteiger partial charge >= 0.3 is 0 Å². The molecular formula is C17H27N3. The molecule has 0 aliphatic rings. The Kier molecular flexibility index (Phi) is 9.97. The Morgan fingerprint density at radius 3 is 2.55 bits per heavy atom. The number of allylic oxidation sites excluding steroid dienone is 4. The number of pyridine rings is 1. The summed E-state index contributed by atoms with van der Waals surface area (Å²) in [5.41, 5.74) is 8.69. The fourth-order valence-electron chi connectivity index (χ4n) is 1.55. The number of nitrogens with zero attached hydrogens (tertiary/aromatic N) is 2. The Morgan fingerprint density at radius 2 is 2.00 bits per heavy atom. The van der Waals surface area contributed by atoms with E-state index in [0.717, 1.165) is 11.1 Å². The molecule has 0 bridgehead atoms. The molecule has 1 heterocycles. The van der Waals surface area contributed by atoms with E-state index in [-0.39, 0.29) is 0 Å². The highest BCUT2D eigenvalue weighted by Gasteiger charge is 1.90. The Hall–Kier alpha value is -1.87. The van der Waals surface area contributed by atoms with Gasteiger partial charge in [-0.05, 0) is 37.1 Å². The second kappa shape index (κ2) is 11.0. The van der Waals surface area contributed by atoms with Crippen molar-refractivity contribution in [1.82, 2.24) is 4.57 Å². The Bertz CT molecular complexity index is 531. The van der Waals surface area contributed by atoms with Crippen molar-refractivity contribution < 1.29 is 0 Å². The molecule has 2 N–H and O–H groups in total. The third-order valence-electron chi connectivity index (χ3n) is 2.54. The van der Waals surface area contributed by atoms with E-state index in [1.807, 2.05) is 61.9 Å². The first-order valence-electron chi connectivity index (χ1n) is 7.04. The van der Waals surface area contributed by atoms with Crippen LogP contribution in [0.15, 0.2) is 53.2 Å². The van der Waals surface area contributed by atoms with E-state index in [2.05, 4.69) is 24.2 Å². The highest BCUT2D eigenvalue weighted by atomic mass is 15.0. The van der Waals surface area contributed by atoms with Crippen molar-refractivity contribution in [3.8, 4) is 0 Å². The van der Waals surface area contributed by atoms with Crippen LogP contribution in [0.5, 0.6) is 0 Å². The van der Waals surface area contributed by atoms with Crippen molar-refractivity contribution in [2.75, 3.05) is 13.6 Å².